The molecule has 2 heteroatoms. The summed E-state index contributed by atoms with van der Waals surface area (Å²) in [6.45, 7) is 6.20. The molecule has 0 unspecified atom stereocenters. The van der Waals surface area contributed by atoms with Crippen molar-refractivity contribution in [1.82, 2.24) is 0 Å². The molecule has 0 aromatic carbocycles. The number of hydrogen-bond donors (Lipinski definition) is 0. The quantitative estimate of drug-likeness (QED) is 0.521. The molecule has 0 saturated carbocycles. The number of nitrogens with zero attached hydrogens (tertiary/aromatic N) is 1. The number of hydrogen-bond acceptors (Lipinski definition) is 2. The summed E-state index contributed by atoms with van der Waals surface area (Å²) in [4.78, 5) is 4.88. The Morgan fingerprint density at radius 2 is 2.09 bits per heavy atom. The summed E-state index contributed by atoms with van der Waals surface area (Å²) in [6, 6.07) is 0. The standard InChI is InChI=1S/C9H13NO/c1-7-4-8(2)9(3)5-10-11-6-7/h5-6H,4H2,1-3H3. The lowest BCUT2D eigenvalue weighted by Gasteiger charge is -2.06. The van der Waals surface area contributed by atoms with E-state index in [0.29, 0.717) is 0 Å². The minimum Gasteiger partial charge on any atom is -0.365 e. The number of rotatable bonds is 0. The van der Waals surface area contributed by atoms with Crippen LogP contribution in [-0.4, -0.2) is 6.21 Å². The van der Waals surface area contributed by atoms with Gasteiger partial charge in [-0.05, 0) is 38.3 Å². The van der Waals surface area contributed by atoms with Crippen LogP contribution in [0.5, 0.6) is 0 Å². The van der Waals surface area contributed by atoms with Crippen LogP contribution < -0.4 is 0 Å². The van der Waals surface area contributed by atoms with E-state index in [1.807, 2.05) is 13.8 Å². The second kappa shape index (κ2) is 3.37. The van der Waals surface area contributed by atoms with Gasteiger partial charge in [0.05, 0.1) is 6.21 Å². The fourth-order valence-corrected chi connectivity index (χ4v) is 0.939. The first-order valence-electron chi connectivity index (χ1n) is 3.71. The van der Waals surface area contributed by atoms with E-state index in [1.165, 1.54) is 16.7 Å². The average molecular weight is 151 g/mol. The summed E-state index contributed by atoms with van der Waals surface area (Å²) in [5.74, 6) is 0. The van der Waals surface area contributed by atoms with Gasteiger partial charge in [0.1, 0.15) is 6.26 Å². The van der Waals surface area contributed by atoms with Crippen molar-refractivity contribution in [3.05, 3.63) is 23.0 Å². The largest absolute Gasteiger partial charge is 0.365 e. The van der Waals surface area contributed by atoms with E-state index in [0.717, 1.165) is 6.42 Å². The molecule has 0 N–H and O–H groups in total. The lowest BCUT2D eigenvalue weighted by molar-refractivity contribution is 0.266. The zero-order valence-electron chi connectivity index (χ0n) is 7.22. The van der Waals surface area contributed by atoms with Crippen LogP contribution in [0.3, 0.4) is 0 Å². The molecular weight excluding hydrogens is 138 g/mol. The van der Waals surface area contributed by atoms with Crippen molar-refractivity contribution >= 4 is 6.21 Å². The zero-order chi connectivity index (χ0) is 8.27. The first-order chi connectivity index (χ1) is 5.20. The zero-order valence-corrected chi connectivity index (χ0v) is 7.22. The summed E-state index contributed by atoms with van der Waals surface area (Å²) in [5.41, 5.74) is 3.75. The van der Waals surface area contributed by atoms with E-state index < -0.39 is 0 Å². The molecule has 0 bridgehead atoms. The van der Waals surface area contributed by atoms with Crippen LogP contribution in [0.15, 0.2) is 28.1 Å². The van der Waals surface area contributed by atoms with Crippen molar-refractivity contribution in [2.75, 3.05) is 0 Å². The van der Waals surface area contributed by atoms with Gasteiger partial charge in [-0.25, -0.2) is 0 Å². The highest BCUT2D eigenvalue weighted by atomic mass is 16.6. The predicted molar refractivity (Wildman–Crippen MR) is 46.3 cm³/mol. The molecule has 2 nitrogen and oxygen atoms in total. The molecule has 11 heavy (non-hydrogen) atoms. The minimum atomic E-state index is 0.984. The highest BCUT2D eigenvalue weighted by Gasteiger charge is 1.99. The van der Waals surface area contributed by atoms with E-state index in [2.05, 4.69) is 12.1 Å². The molecular formula is C9H13NO. The SMILES string of the molecule is CC1=CON=CC(C)=C(C)C1. The third-order valence-electron chi connectivity index (χ3n) is 1.78. The third-order valence-corrected chi connectivity index (χ3v) is 1.78. The fourth-order valence-electron chi connectivity index (χ4n) is 0.939. The maximum atomic E-state index is 4.88. The Kier molecular flexibility index (Phi) is 2.47. The second-order valence-corrected chi connectivity index (χ2v) is 2.94. The van der Waals surface area contributed by atoms with E-state index in [9.17, 15) is 0 Å². The van der Waals surface area contributed by atoms with Crippen LogP contribution in [0.4, 0.5) is 0 Å². The van der Waals surface area contributed by atoms with E-state index in [1.54, 1.807) is 12.5 Å². The van der Waals surface area contributed by atoms with Gasteiger partial charge < -0.3 is 4.84 Å². The fraction of sp³-hybridized carbons (Fsp3) is 0.444. The minimum absolute atomic E-state index is 0.984. The Morgan fingerprint density at radius 3 is 2.82 bits per heavy atom. The Bertz CT molecular complexity index is 236. The van der Waals surface area contributed by atoms with Crippen LogP contribution in [0.25, 0.3) is 0 Å². The molecule has 0 amide bonds. The van der Waals surface area contributed by atoms with Crippen molar-refractivity contribution in [3.8, 4) is 0 Å². The molecule has 0 aromatic heterocycles. The van der Waals surface area contributed by atoms with Gasteiger partial charge in [-0.3, -0.25) is 0 Å². The van der Waals surface area contributed by atoms with Crippen molar-refractivity contribution in [3.63, 3.8) is 0 Å². The van der Waals surface area contributed by atoms with Gasteiger partial charge >= 0.3 is 0 Å². The lowest BCUT2D eigenvalue weighted by Crippen LogP contribution is -1.91. The van der Waals surface area contributed by atoms with Crippen LogP contribution in [-0.2, 0) is 4.84 Å². The van der Waals surface area contributed by atoms with Crippen molar-refractivity contribution in [2.24, 2.45) is 5.16 Å². The smallest absolute Gasteiger partial charge is 0.121 e. The summed E-state index contributed by atoms with van der Waals surface area (Å²) in [5, 5.41) is 3.75. The third kappa shape index (κ3) is 2.22. The van der Waals surface area contributed by atoms with E-state index in [-0.39, 0.29) is 0 Å². The molecule has 0 aliphatic carbocycles. The number of oxime groups is 1. The Balaban J connectivity index is 2.88. The van der Waals surface area contributed by atoms with Gasteiger partial charge in [0.2, 0.25) is 0 Å². The molecule has 0 atom stereocenters. The molecule has 0 radical (unpaired) electrons. The Morgan fingerprint density at radius 1 is 1.36 bits per heavy atom. The monoisotopic (exact) mass is 151 g/mol. The molecule has 60 valence electrons. The highest BCUT2D eigenvalue weighted by Crippen LogP contribution is 2.14. The van der Waals surface area contributed by atoms with E-state index in [4.69, 9.17) is 4.84 Å². The number of allylic oxidation sites excluding steroid dienone is 3. The molecule has 1 aliphatic heterocycles. The summed E-state index contributed by atoms with van der Waals surface area (Å²) in [6.07, 6.45) is 4.42. The highest BCUT2D eigenvalue weighted by molar-refractivity contribution is 5.78. The summed E-state index contributed by atoms with van der Waals surface area (Å²) >= 11 is 0. The van der Waals surface area contributed by atoms with Crippen LogP contribution in [0.2, 0.25) is 0 Å². The maximum Gasteiger partial charge on any atom is 0.121 e. The Labute approximate surface area is 67.2 Å². The van der Waals surface area contributed by atoms with Crippen molar-refractivity contribution in [1.29, 1.82) is 0 Å². The molecule has 0 aromatic rings. The predicted octanol–water partition coefficient (Wildman–Crippen LogP) is 2.63. The van der Waals surface area contributed by atoms with Gasteiger partial charge in [-0.2, -0.15) is 0 Å². The normalized spacial score (nSPS) is 18.6. The van der Waals surface area contributed by atoms with Gasteiger partial charge in [0, 0.05) is 0 Å². The van der Waals surface area contributed by atoms with Gasteiger partial charge in [-0.1, -0.05) is 10.7 Å². The summed E-state index contributed by atoms with van der Waals surface area (Å²) < 4.78 is 0. The van der Waals surface area contributed by atoms with Crippen LogP contribution in [0.1, 0.15) is 27.2 Å². The summed E-state index contributed by atoms with van der Waals surface area (Å²) in [7, 11) is 0. The van der Waals surface area contributed by atoms with Crippen LogP contribution in [0, 0.1) is 0 Å². The molecule has 1 aliphatic rings. The first kappa shape index (κ1) is 8.05. The topological polar surface area (TPSA) is 21.6 Å². The van der Waals surface area contributed by atoms with Gasteiger partial charge in [0.25, 0.3) is 0 Å². The van der Waals surface area contributed by atoms with Crippen molar-refractivity contribution in [2.45, 2.75) is 27.2 Å². The van der Waals surface area contributed by atoms with Crippen molar-refractivity contribution < 1.29 is 4.84 Å². The maximum absolute atomic E-state index is 4.88. The second-order valence-electron chi connectivity index (χ2n) is 2.94. The van der Waals surface area contributed by atoms with Gasteiger partial charge in [-0.15, -0.1) is 0 Å². The average Bonchev–Trinajstić information content (AvgIpc) is 1.95. The molecule has 0 fully saturated rings. The van der Waals surface area contributed by atoms with Crippen LogP contribution >= 0.6 is 0 Å². The van der Waals surface area contributed by atoms with E-state index >= 15 is 0 Å². The molecule has 0 saturated heterocycles. The lowest BCUT2D eigenvalue weighted by atomic mass is 10.0. The molecule has 1 rings (SSSR count). The molecule has 1 heterocycles. The molecule has 0 spiro atoms. The van der Waals surface area contributed by atoms with Gasteiger partial charge in [0.15, 0.2) is 0 Å². The first-order valence-corrected chi connectivity index (χ1v) is 3.71. The Hall–Kier alpha value is -1.05.